The van der Waals surface area contributed by atoms with E-state index in [1.807, 2.05) is 0 Å². The summed E-state index contributed by atoms with van der Waals surface area (Å²) >= 11 is 5.60. The van der Waals surface area contributed by atoms with Gasteiger partial charge in [0.05, 0.1) is 17.2 Å². The number of nitrogens with one attached hydrogen (secondary N) is 4. The fourth-order valence-electron chi connectivity index (χ4n) is 3.26. The van der Waals surface area contributed by atoms with Crippen LogP contribution in [0.2, 0.25) is 5.02 Å². The minimum Gasteiger partial charge on any atom is -0.395 e. The Labute approximate surface area is 211 Å². The van der Waals surface area contributed by atoms with Crippen LogP contribution in [0, 0.1) is 0 Å². The van der Waals surface area contributed by atoms with Crippen molar-refractivity contribution >= 4 is 52.0 Å². The van der Waals surface area contributed by atoms with Gasteiger partial charge in [-0.25, -0.2) is 24.5 Å². The molecule has 0 atom stereocenters. The van der Waals surface area contributed by atoms with Gasteiger partial charge < -0.3 is 21.1 Å². The van der Waals surface area contributed by atoms with E-state index in [0.717, 1.165) is 12.1 Å². The summed E-state index contributed by atoms with van der Waals surface area (Å²) in [6, 6.07) is 8.20. The molecule has 0 saturated heterocycles. The molecule has 37 heavy (non-hydrogen) atoms. The van der Waals surface area contributed by atoms with Crippen LogP contribution >= 0.6 is 11.6 Å². The van der Waals surface area contributed by atoms with Gasteiger partial charge in [-0.15, -0.1) is 0 Å². The number of carbonyl (C=O) groups is 2. The number of fused-ring (bicyclic) bond motifs is 1. The van der Waals surface area contributed by atoms with E-state index in [1.165, 1.54) is 18.7 Å². The minimum absolute atomic E-state index is 0.0706. The number of aromatic nitrogens is 4. The Bertz CT molecular complexity index is 1440. The van der Waals surface area contributed by atoms with Gasteiger partial charge in [0, 0.05) is 23.6 Å². The van der Waals surface area contributed by atoms with E-state index >= 15 is 0 Å². The number of hydrogen-bond donors (Lipinski definition) is 5. The molecule has 2 aromatic heterocycles. The molecule has 0 aliphatic carbocycles. The number of hydrogen-bond acceptors (Lipinski definition) is 6. The molecule has 0 bridgehead atoms. The Morgan fingerprint density at radius 2 is 1.65 bits per heavy atom. The Hall–Kier alpha value is -4.43. The molecular weight excluding hydrogens is 517 g/mol. The maximum absolute atomic E-state index is 13.0. The second-order valence-electron chi connectivity index (χ2n) is 7.43. The van der Waals surface area contributed by atoms with E-state index in [9.17, 15) is 22.8 Å². The maximum Gasteiger partial charge on any atom is 0.417 e. The van der Waals surface area contributed by atoms with Gasteiger partial charge in [-0.3, -0.25) is 9.88 Å². The topological polar surface area (TPSA) is 146 Å². The average molecular weight is 535 g/mol. The van der Waals surface area contributed by atoms with Crippen LogP contribution in [0.25, 0.3) is 16.9 Å². The zero-order valence-corrected chi connectivity index (χ0v) is 19.4. The monoisotopic (exact) mass is 534 g/mol. The zero-order valence-electron chi connectivity index (χ0n) is 18.7. The third-order valence-electron chi connectivity index (χ3n) is 4.90. The van der Waals surface area contributed by atoms with E-state index in [4.69, 9.17) is 16.7 Å². The van der Waals surface area contributed by atoms with E-state index < -0.39 is 28.8 Å². The molecular formula is C22H18ClF3N8O3. The van der Waals surface area contributed by atoms with Gasteiger partial charge in [0.2, 0.25) is 0 Å². The highest BCUT2D eigenvalue weighted by atomic mass is 35.5. The van der Waals surface area contributed by atoms with Gasteiger partial charge in [-0.1, -0.05) is 11.6 Å². The van der Waals surface area contributed by atoms with Crippen molar-refractivity contribution in [3.63, 3.8) is 0 Å². The third kappa shape index (κ3) is 6.05. The number of benzene rings is 2. The van der Waals surface area contributed by atoms with Crippen molar-refractivity contribution in [3.05, 3.63) is 65.7 Å². The third-order valence-corrected chi connectivity index (χ3v) is 5.23. The highest BCUT2D eigenvalue weighted by Crippen LogP contribution is 2.36. The van der Waals surface area contributed by atoms with Crippen molar-refractivity contribution in [2.24, 2.45) is 0 Å². The number of amides is 4. The molecule has 15 heteroatoms. The van der Waals surface area contributed by atoms with Crippen molar-refractivity contribution in [2.45, 2.75) is 6.18 Å². The summed E-state index contributed by atoms with van der Waals surface area (Å²) < 4.78 is 40.7. The summed E-state index contributed by atoms with van der Waals surface area (Å²) in [7, 11) is 0. The Kier molecular flexibility index (Phi) is 7.40. The van der Waals surface area contributed by atoms with Crippen LogP contribution in [0.4, 0.5) is 40.0 Å². The first-order valence-corrected chi connectivity index (χ1v) is 10.9. The van der Waals surface area contributed by atoms with E-state index in [0.29, 0.717) is 22.5 Å². The maximum atomic E-state index is 13.0. The number of aliphatic hydroxyl groups is 1. The molecule has 4 rings (SSSR count). The van der Waals surface area contributed by atoms with Gasteiger partial charge in [-0.2, -0.15) is 13.2 Å². The molecule has 11 nitrogen and oxygen atoms in total. The lowest BCUT2D eigenvalue weighted by Gasteiger charge is -2.12. The Balaban J connectivity index is 1.46. The molecule has 0 spiro atoms. The van der Waals surface area contributed by atoms with Gasteiger partial charge >= 0.3 is 18.2 Å². The molecule has 2 aromatic carbocycles. The smallest absolute Gasteiger partial charge is 0.395 e. The molecule has 0 unspecified atom stereocenters. The molecule has 0 aliphatic heterocycles. The summed E-state index contributed by atoms with van der Waals surface area (Å²) in [4.78, 5) is 36.6. The Morgan fingerprint density at radius 3 is 2.35 bits per heavy atom. The first kappa shape index (κ1) is 25.7. The van der Waals surface area contributed by atoms with Gasteiger partial charge in [0.15, 0.2) is 17.0 Å². The summed E-state index contributed by atoms with van der Waals surface area (Å²) in [6.07, 6.45) is -1.93. The van der Waals surface area contributed by atoms with Crippen LogP contribution in [0.1, 0.15) is 5.56 Å². The van der Waals surface area contributed by atoms with Crippen LogP contribution in [-0.4, -0.2) is 49.8 Å². The molecule has 0 aliphatic rings. The average Bonchev–Trinajstić information content (AvgIpc) is 3.29. The highest BCUT2D eigenvalue weighted by molar-refractivity contribution is 6.31. The fourth-order valence-corrected chi connectivity index (χ4v) is 3.48. The molecule has 0 radical (unpaired) electrons. The molecule has 5 N–H and O–H groups in total. The van der Waals surface area contributed by atoms with Gasteiger partial charge in [0.1, 0.15) is 12.7 Å². The number of alkyl halides is 3. The zero-order chi connectivity index (χ0) is 26.6. The predicted octanol–water partition coefficient (Wildman–Crippen LogP) is 4.25. The highest BCUT2D eigenvalue weighted by Gasteiger charge is 2.33. The summed E-state index contributed by atoms with van der Waals surface area (Å²) in [5, 5.41) is 18.2. The molecule has 4 aromatic rings. The minimum atomic E-state index is -4.66. The molecule has 4 amide bonds. The molecule has 0 saturated carbocycles. The summed E-state index contributed by atoms with van der Waals surface area (Å²) in [5.41, 5.74) is 0.573. The van der Waals surface area contributed by atoms with Crippen LogP contribution < -0.4 is 21.3 Å². The number of urea groups is 2. The standard InChI is InChI=1S/C22H18ClF3N8O3/c23-16-6-3-13(9-15(16)22(24,25)26)32-21(37)31-12-1-4-14(5-2-12)34-11-30-17-18(28-10-29-19(17)34)33-20(36)27-7-8-35/h1-6,9-11,35H,7-8H2,(H2,31,32,37)(H2,27,28,29,33,36). The van der Waals surface area contributed by atoms with Crippen molar-refractivity contribution in [2.75, 3.05) is 29.1 Å². The Morgan fingerprint density at radius 1 is 0.946 bits per heavy atom. The van der Waals surface area contributed by atoms with Crippen LogP contribution in [0.5, 0.6) is 0 Å². The van der Waals surface area contributed by atoms with E-state index in [2.05, 4.69) is 36.2 Å². The second-order valence-corrected chi connectivity index (χ2v) is 7.84. The SMILES string of the molecule is O=C(Nc1ccc(-n2cnc3c(NC(=O)NCCO)ncnc32)cc1)Nc1ccc(Cl)c(C(F)(F)F)c1. The van der Waals surface area contributed by atoms with Crippen molar-refractivity contribution < 1.29 is 27.9 Å². The molecule has 0 fully saturated rings. The first-order valence-electron chi connectivity index (χ1n) is 10.5. The number of halogens is 4. The van der Waals surface area contributed by atoms with Crippen LogP contribution in [0.3, 0.4) is 0 Å². The number of anilines is 3. The number of nitrogens with zero attached hydrogens (tertiary/aromatic N) is 4. The number of imidazole rings is 1. The van der Waals surface area contributed by atoms with Crippen molar-refractivity contribution in [1.82, 2.24) is 24.8 Å². The lowest BCUT2D eigenvalue weighted by Crippen LogP contribution is -2.31. The predicted molar refractivity (Wildman–Crippen MR) is 130 cm³/mol. The van der Waals surface area contributed by atoms with Crippen molar-refractivity contribution in [3.8, 4) is 5.69 Å². The molecule has 2 heterocycles. The normalized spacial score (nSPS) is 11.3. The van der Waals surface area contributed by atoms with E-state index in [-0.39, 0.29) is 24.7 Å². The number of rotatable bonds is 6. The molecule has 192 valence electrons. The van der Waals surface area contributed by atoms with Gasteiger partial charge in [0.25, 0.3) is 0 Å². The largest absolute Gasteiger partial charge is 0.417 e. The number of carbonyl (C=O) groups excluding carboxylic acids is 2. The second kappa shape index (κ2) is 10.7. The summed E-state index contributed by atoms with van der Waals surface area (Å²) in [6.45, 7) is -0.144. The van der Waals surface area contributed by atoms with Gasteiger partial charge in [-0.05, 0) is 42.5 Å². The fraction of sp³-hybridized carbons (Fsp3) is 0.136. The lowest BCUT2D eigenvalue weighted by atomic mass is 10.2. The van der Waals surface area contributed by atoms with Crippen LogP contribution in [-0.2, 0) is 6.18 Å². The van der Waals surface area contributed by atoms with E-state index in [1.54, 1.807) is 28.8 Å². The quantitative estimate of drug-likeness (QED) is 0.250. The first-order chi connectivity index (χ1) is 17.7. The lowest BCUT2D eigenvalue weighted by molar-refractivity contribution is -0.137. The van der Waals surface area contributed by atoms with Crippen molar-refractivity contribution in [1.29, 1.82) is 0 Å². The van der Waals surface area contributed by atoms with Crippen LogP contribution in [0.15, 0.2) is 55.1 Å². The summed E-state index contributed by atoms with van der Waals surface area (Å²) in [5.74, 6) is 0.171. The number of aliphatic hydroxyl groups excluding tert-OH is 1.